The summed E-state index contributed by atoms with van der Waals surface area (Å²) in [4.78, 5) is 0.147. The highest BCUT2D eigenvalue weighted by Gasteiger charge is 2.31. The number of rotatable bonds is 2. The molecule has 1 unspecified atom stereocenters. The lowest BCUT2D eigenvalue weighted by molar-refractivity contribution is -0.105. The number of alkyl halides is 3. The van der Waals surface area contributed by atoms with Crippen molar-refractivity contribution in [3.63, 3.8) is 0 Å². The van der Waals surface area contributed by atoms with Crippen LogP contribution in [-0.2, 0) is 10.8 Å². The first-order chi connectivity index (χ1) is 6.78. The number of halogens is 5. The van der Waals surface area contributed by atoms with E-state index in [1.807, 2.05) is 0 Å². The molecule has 1 aromatic rings. The largest absolute Gasteiger partial charge is 0.400 e. The first kappa shape index (κ1) is 13.2. The Bertz CT molecular complexity index is 372. The van der Waals surface area contributed by atoms with Crippen molar-refractivity contribution in [2.24, 2.45) is 0 Å². The summed E-state index contributed by atoms with van der Waals surface area (Å²) in [6, 6.07) is 4.48. The van der Waals surface area contributed by atoms with Crippen molar-refractivity contribution in [3.8, 4) is 0 Å². The van der Waals surface area contributed by atoms with Gasteiger partial charge in [0.2, 0.25) is 0 Å². The van der Waals surface area contributed by atoms with Gasteiger partial charge in [0.05, 0.1) is 10.8 Å². The molecule has 0 N–H and O–H groups in total. The van der Waals surface area contributed by atoms with Crippen LogP contribution in [0.3, 0.4) is 0 Å². The standard InChI is InChI=1S/C8H5Br2F3OS/c9-5-1-6(10)3-7(2-5)15(14)4-8(11,12)13/h1-3H,4H2. The Balaban J connectivity index is 2.92. The van der Waals surface area contributed by atoms with E-state index in [0.29, 0.717) is 8.95 Å². The van der Waals surface area contributed by atoms with Gasteiger partial charge in [-0.3, -0.25) is 4.21 Å². The van der Waals surface area contributed by atoms with E-state index in [9.17, 15) is 17.4 Å². The van der Waals surface area contributed by atoms with Crippen molar-refractivity contribution in [1.82, 2.24) is 0 Å². The second-order valence-corrected chi connectivity index (χ2v) is 5.99. The molecule has 0 aromatic heterocycles. The zero-order chi connectivity index (χ0) is 11.6. The molecule has 0 aliphatic heterocycles. The van der Waals surface area contributed by atoms with Gasteiger partial charge in [0.25, 0.3) is 0 Å². The lowest BCUT2D eigenvalue weighted by Gasteiger charge is -2.07. The topological polar surface area (TPSA) is 17.1 Å². The molecular formula is C8H5Br2F3OS. The third kappa shape index (κ3) is 4.65. The Hall–Kier alpha value is 0.120. The molecule has 0 heterocycles. The molecule has 0 bridgehead atoms. The van der Waals surface area contributed by atoms with E-state index in [-0.39, 0.29) is 4.90 Å². The number of hydrogen-bond acceptors (Lipinski definition) is 1. The van der Waals surface area contributed by atoms with Crippen LogP contribution in [0, 0.1) is 0 Å². The van der Waals surface area contributed by atoms with Crippen LogP contribution in [0.1, 0.15) is 0 Å². The van der Waals surface area contributed by atoms with Gasteiger partial charge in [-0.1, -0.05) is 31.9 Å². The van der Waals surface area contributed by atoms with Crippen LogP contribution in [0.5, 0.6) is 0 Å². The second kappa shape index (κ2) is 4.97. The second-order valence-electron chi connectivity index (χ2n) is 2.71. The molecule has 0 saturated heterocycles. The van der Waals surface area contributed by atoms with Crippen molar-refractivity contribution < 1.29 is 17.4 Å². The van der Waals surface area contributed by atoms with E-state index in [4.69, 9.17) is 0 Å². The average molecular weight is 366 g/mol. The summed E-state index contributed by atoms with van der Waals surface area (Å²) < 4.78 is 48.4. The monoisotopic (exact) mass is 364 g/mol. The summed E-state index contributed by atoms with van der Waals surface area (Å²) in [7, 11) is -2.06. The Morgan fingerprint density at radius 3 is 2.00 bits per heavy atom. The highest BCUT2D eigenvalue weighted by Crippen LogP contribution is 2.25. The van der Waals surface area contributed by atoms with E-state index in [2.05, 4.69) is 31.9 Å². The fourth-order valence-corrected chi connectivity index (χ4v) is 3.47. The SMILES string of the molecule is O=S(CC(F)(F)F)c1cc(Br)cc(Br)c1. The van der Waals surface area contributed by atoms with Gasteiger partial charge < -0.3 is 0 Å². The summed E-state index contributed by atoms with van der Waals surface area (Å²) in [5.74, 6) is -1.32. The van der Waals surface area contributed by atoms with Gasteiger partial charge >= 0.3 is 6.18 Å². The number of benzene rings is 1. The van der Waals surface area contributed by atoms with Gasteiger partial charge in [0.15, 0.2) is 0 Å². The molecule has 7 heteroatoms. The lowest BCUT2D eigenvalue weighted by atomic mass is 10.4. The van der Waals surface area contributed by atoms with E-state index >= 15 is 0 Å². The van der Waals surface area contributed by atoms with Gasteiger partial charge in [-0.05, 0) is 18.2 Å². The van der Waals surface area contributed by atoms with Crippen LogP contribution in [0.25, 0.3) is 0 Å². The molecular weight excluding hydrogens is 361 g/mol. The summed E-state index contributed by atoms with van der Waals surface area (Å²) in [6.07, 6.45) is -4.42. The predicted molar refractivity (Wildman–Crippen MR) is 59.2 cm³/mol. The molecule has 0 spiro atoms. The fraction of sp³-hybridized carbons (Fsp3) is 0.250. The molecule has 1 nitrogen and oxygen atoms in total. The normalized spacial score (nSPS) is 13.9. The molecule has 84 valence electrons. The summed E-state index contributed by atoms with van der Waals surface area (Å²) in [6.45, 7) is 0. The molecule has 0 aliphatic rings. The van der Waals surface area contributed by atoms with Crippen LogP contribution in [0.4, 0.5) is 13.2 Å². The lowest BCUT2D eigenvalue weighted by Crippen LogP contribution is -2.18. The molecule has 0 amide bonds. The van der Waals surface area contributed by atoms with Gasteiger partial charge in [0, 0.05) is 13.8 Å². The van der Waals surface area contributed by atoms with Crippen molar-refractivity contribution in [3.05, 3.63) is 27.1 Å². The maximum Gasteiger partial charge on any atom is 0.400 e. The summed E-state index contributed by atoms with van der Waals surface area (Å²) in [5.41, 5.74) is 0. The van der Waals surface area contributed by atoms with Crippen LogP contribution in [-0.4, -0.2) is 16.1 Å². The highest BCUT2D eigenvalue weighted by atomic mass is 79.9. The third-order valence-corrected chi connectivity index (χ3v) is 3.66. The quantitative estimate of drug-likeness (QED) is 0.777. The van der Waals surface area contributed by atoms with Crippen molar-refractivity contribution in [2.75, 3.05) is 5.75 Å². The van der Waals surface area contributed by atoms with Crippen LogP contribution in [0.15, 0.2) is 32.0 Å². The fourth-order valence-electron chi connectivity index (χ4n) is 0.892. The zero-order valence-electron chi connectivity index (χ0n) is 7.15. The van der Waals surface area contributed by atoms with Crippen molar-refractivity contribution in [2.45, 2.75) is 11.1 Å². The molecule has 1 aromatic carbocycles. The van der Waals surface area contributed by atoms with Gasteiger partial charge in [0.1, 0.15) is 5.75 Å². The van der Waals surface area contributed by atoms with Crippen LogP contribution >= 0.6 is 31.9 Å². The maximum atomic E-state index is 12.0. The van der Waals surface area contributed by atoms with Crippen LogP contribution in [0.2, 0.25) is 0 Å². The molecule has 0 saturated carbocycles. The van der Waals surface area contributed by atoms with Crippen LogP contribution < -0.4 is 0 Å². The van der Waals surface area contributed by atoms with Gasteiger partial charge in [-0.15, -0.1) is 0 Å². The first-order valence-corrected chi connectivity index (χ1v) is 6.59. The molecule has 15 heavy (non-hydrogen) atoms. The van der Waals surface area contributed by atoms with E-state index in [0.717, 1.165) is 0 Å². The Kier molecular flexibility index (Phi) is 4.37. The average Bonchev–Trinajstić information content (AvgIpc) is 1.98. The molecule has 0 fully saturated rings. The molecule has 1 rings (SSSR count). The molecule has 0 radical (unpaired) electrons. The smallest absolute Gasteiger partial charge is 0.254 e. The minimum Gasteiger partial charge on any atom is -0.254 e. The summed E-state index contributed by atoms with van der Waals surface area (Å²) >= 11 is 6.23. The van der Waals surface area contributed by atoms with Crippen molar-refractivity contribution >= 4 is 42.7 Å². The minimum absolute atomic E-state index is 0.147. The minimum atomic E-state index is -4.42. The highest BCUT2D eigenvalue weighted by molar-refractivity contribution is 9.11. The first-order valence-electron chi connectivity index (χ1n) is 3.69. The van der Waals surface area contributed by atoms with E-state index in [1.165, 1.54) is 12.1 Å². The third-order valence-electron chi connectivity index (χ3n) is 1.39. The number of hydrogen-bond donors (Lipinski definition) is 0. The van der Waals surface area contributed by atoms with E-state index < -0.39 is 22.7 Å². The Morgan fingerprint density at radius 2 is 1.60 bits per heavy atom. The van der Waals surface area contributed by atoms with Gasteiger partial charge in [-0.25, -0.2) is 0 Å². The molecule has 1 atom stereocenters. The molecule has 0 aliphatic carbocycles. The predicted octanol–water partition coefficient (Wildman–Crippen LogP) is 3.88. The Morgan fingerprint density at radius 1 is 1.13 bits per heavy atom. The van der Waals surface area contributed by atoms with E-state index in [1.54, 1.807) is 6.07 Å². The zero-order valence-corrected chi connectivity index (χ0v) is 11.1. The maximum absolute atomic E-state index is 12.0. The summed E-state index contributed by atoms with van der Waals surface area (Å²) in [5, 5.41) is 0. The Labute approximate surface area is 104 Å². The van der Waals surface area contributed by atoms with Gasteiger partial charge in [-0.2, -0.15) is 13.2 Å². The van der Waals surface area contributed by atoms with Crippen molar-refractivity contribution in [1.29, 1.82) is 0 Å².